The van der Waals surface area contributed by atoms with Crippen LogP contribution in [-0.2, 0) is 4.79 Å². The molecule has 0 bridgehead atoms. The van der Waals surface area contributed by atoms with E-state index in [9.17, 15) is 4.79 Å². The van der Waals surface area contributed by atoms with E-state index in [0.29, 0.717) is 6.54 Å². The summed E-state index contributed by atoms with van der Waals surface area (Å²) in [6, 6.07) is 1.83. The summed E-state index contributed by atoms with van der Waals surface area (Å²) in [6.07, 6.45) is 1.74. The van der Waals surface area contributed by atoms with E-state index >= 15 is 0 Å². The first-order valence-corrected chi connectivity index (χ1v) is 5.60. The minimum atomic E-state index is -0.0886. The number of amides is 1. The molecule has 0 radical (unpaired) electrons. The summed E-state index contributed by atoms with van der Waals surface area (Å²) in [7, 11) is 3.54. The number of aromatic nitrogens is 1. The van der Waals surface area contributed by atoms with Crippen molar-refractivity contribution in [3.8, 4) is 0 Å². The lowest BCUT2D eigenvalue weighted by Crippen LogP contribution is -2.34. The van der Waals surface area contributed by atoms with Crippen LogP contribution in [0.15, 0.2) is 12.3 Å². The minimum absolute atomic E-state index is 0.0249. The van der Waals surface area contributed by atoms with Gasteiger partial charge in [0.25, 0.3) is 0 Å². The van der Waals surface area contributed by atoms with Gasteiger partial charge in [0.1, 0.15) is 5.82 Å². The molecular weight excluding hydrogens is 216 g/mol. The number of carbonyl (C=O) groups excluding carboxylic acids is 1. The maximum Gasteiger partial charge on any atom is 0.224 e. The molecule has 5 nitrogen and oxygen atoms in total. The van der Waals surface area contributed by atoms with E-state index in [0.717, 1.165) is 17.1 Å². The molecule has 1 unspecified atom stereocenters. The lowest BCUT2D eigenvalue weighted by molar-refractivity contribution is -0.123. The molecule has 0 aliphatic rings. The third-order valence-electron chi connectivity index (χ3n) is 2.76. The Labute approximate surface area is 102 Å². The fourth-order valence-electron chi connectivity index (χ4n) is 1.57. The first-order chi connectivity index (χ1) is 7.95. The van der Waals surface area contributed by atoms with Crippen molar-refractivity contribution in [2.24, 2.45) is 5.92 Å². The van der Waals surface area contributed by atoms with Gasteiger partial charge in [-0.3, -0.25) is 4.79 Å². The average Bonchev–Trinajstić information content (AvgIpc) is 2.31. The predicted octanol–water partition coefficient (Wildman–Crippen LogP) is 0.791. The quantitative estimate of drug-likeness (QED) is 0.811. The number of nitrogens with two attached hydrogens (primary N) is 1. The van der Waals surface area contributed by atoms with E-state index in [-0.39, 0.29) is 11.8 Å². The predicted molar refractivity (Wildman–Crippen MR) is 69.9 cm³/mol. The van der Waals surface area contributed by atoms with Gasteiger partial charge in [0, 0.05) is 38.6 Å². The normalized spacial score (nSPS) is 12.0. The number of hydrogen-bond donors (Lipinski definition) is 2. The molecule has 0 aliphatic carbocycles. The van der Waals surface area contributed by atoms with Crippen molar-refractivity contribution in [1.29, 1.82) is 0 Å². The summed E-state index contributed by atoms with van der Waals surface area (Å²) in [4.78, 5) is 17.6. The first kappa shape index (κ1) is 13.3. The van der Waals surface area contributed by atoms with Crippen LogP contribution in [0.3, 0.4) is 0 Å². The Kier molecular flexibility index (Phi) is 4.31. The summed E-state index contributed by atoms with van der Waals surface area (Å²) in [5.74, 6) is 0.718. The van der Waals surface area contributed by atoms with Crippen LogP contribution in [0.1, 0.15) is 12.5 Å². The van der Waals surface area contributed by atoms with Gasteiger partial charge in [-0.2, -0.15) is 0 Å². The molecule has 0 fully saturated rings. The number of anilines is 2. The van der Waals surface area contributed by atoms with Crippen molar-refractivity contribution in [1.82, 2.24) is 10.3 Å². The molecule has 94 valence electrons. The molecule has 1 amide bonds. The van der Waals surface area contributed by atoms with E-state index in [1.165, 1.54) is 0 Å². The highest BCUT2D eigenvalue weighted by Crippen LogP contribution is 2.17. The number of nitrogens with one attached hydrogen (secondary N) is 1. The SMILES string of the molecule is CNC(=O)C(C)CN(C)c1cc(N)c(C)cn1. The Balaban J connectivity index is 2.72. The minimum Gasteiger partial charge on any atom is -0.398 e. The zero-order valence-corrected chi connectivity index (χ0v) is 10.8. The monoisotopic (exact) mass is 236 g/mol. The van der Waals surface area contributed by atoms with E-state index in [1.807, 2.05) is 31.9 Å². The zero-order valence-electron chi connectivity index (χ0n) is 10.8. The van der Waals surface area contributed by atoms with Gasteiger partial charge in [-0.05, 0) is 12.5 Å². The number of rotatable bonds is 4. The van der Waals surface area contributed by atoms with Gasteiger partial charge < -0.3 is 16.0 Å². The molecule has 0 aliphatic heterocycles. The molecule has 17 heavy (non-hydrogen) atoms. The molecule has 1 aromatic rings. The molecule has 5 heteroatoms. The van der Waals surface area contributed by atoms with Crippen molar-refractivity contribution in [3.05, 3.63) is 17.8 Å². The van der Waals surface area contributed by atoms with Gasteiger partial charge in [-0.15, -0.1) is 0 Å². The van der Waals surface area contributed by atoms with Crippen molar-refractivity contribution in [2.45, 2.75) is 13.8 Å². The van der Waals surface area contributed by atoms with Gasteiger partial charge >= 0.3 is 0 Å². The number of pyridine rings is 1. The number of nitrogen functional groups attached to an aromatic ring is 1. The Morgan fingerprint density at radius 2 is 2.29 bits per heavy atom. The Morgan fingerprint density at radius 1 is 1.65 bits per heavy atom. The fraction of sp³-hybridized carbons (Fsp3) is 0.500. The van der Waals surface area contributed by atoms with Crippen LogP contribution in [0.25, 0.3) is 0 Å². The maximum absolute atomic E-state index is 11.4. The number of carbonyl (C=O) groups is 1. The topological polar surface area (TPSA) is 71.2 Å². The van der Waals surface area contributed by atoms with Crippen molar-refractivity contribution >= 4 is 17.4 Å². The molecule has 1 heterocycles. The second kappa shape index (κ2) is 5.52. The molecule has 3 N–H and O–H groups in total. The van der Waals surface area contributed by atoms with Gasteiger partial charge in [-0.1, -0.05) is 6.92 Å². The van der Waals surface area contributed by atoms with Gasteiger partial charge in [0.2, 0.25) is 5.91 Å². The van der Waals surface area contributed by atoms with Crippen LogP contribution < -0.4 is 16.0 Å². The molecule has 0 spiro atoms. The summed E-state index contributed by atoms with van der Waals surface area (Å²) < 4.78 is 0. The number of nitrogens with zero attached hydrogens (tertiary/aromatic N) is 2. The summed E-state index contributed by atoms with van der Waals surface area (Å²) >= 11 is 0. The smallest absolute Gasteiger partial charge is 0.224 e. The Hall–Kier alpha value is -1.78. The van der Waals surface area contributed by atoms with E-state index in [4.69, 9.17) is 5.73 Å². The number of hydrogen-bond acceptors (Lipinski definition) is 4. The highest BCUT2D eigenvalue weighted by molar-refractivity contribution is 5.78. The maximum atomic E-state index is 11.4. The highest BCUT2D eigenvalue weighted by atomic mass is 16.1. The van der Waals surface area contributed by atoms with Crippen LogP contribution in [0.4, 0.5) is 11.5 Å². The Morgan fingerprint density at radius 3 is 2.82 bits per heavy atom. The largest absolute Gasteiger partial charge is 0.398 e. The standard InChI is InChI=1S/C12H20N4O/c1-8-6-15-11(5-10(8)13)16(4)7-9(2)12(17)14-3/h5-6,9H,7H2,1-4H3,(H2,13,15)(H,14,17). The molecule has 1 rings (SSSR count). The van der Waals surface area contributed by atoms with Crippen LogP contribution in [0, 0.1) is 12.8 Å². The van der Waals surface area contributed by atoms with E-state index in [2.05, 4.69) is 10.3 Å². The molecule has 1 atom stereocenters. The van der Waals surface area contributed by atoms with Crippen LogP contribution in [0.2, 0.25) is 0 Å². The van der Waals surface area contributed by atoms with Gasteiger partial charge in [0.15, 0.2) is 0 Å². The highest BCUT2D eigenvalue weighted by Gasteiger charge is 2.14. The second-order valence-electron chi connectivity index (χ2n) is 4.29. The lowest BCUT2D eigenvalue weighted by Gasteiger charge is -2.22. The van der Waals surface area contributed by atoms with E-state index in [1.54, 1.807) is 13.2 Å². The molecule has 0 saturated carbocycles. The van der Waals surface area contributed by atoms with Crippen molar-refractivity contribution in [3.63, 3.8) is 0 Å². The van der Waals surface area contributed by atoms with Gasteiger partial charge in [0.05, 0.1) is 5.92 Å². The molecule has 0 aromatic carbocycles. The first-order valence-electron chi connectivity index (χ1n) is 5.60. The molecule has 0 saturated heterocycles. The van der Waals surface area contributed by atoms with E-state index < -0.39 is 0 Å². The van der Waals surface area contributed by atoms with Crippen LogP contribution >= 0.6 is 0 Å². The summed E-state index contributed by atoms with van der Waals surface area (Å²) in [5, 5.41) is 2.63. The zero-order chi connectivity index (χ0) is 13.0. The third kappa shape index (κ3) is 3.34. The molecular formula is C12H20N4O. The average molecular weight is 236 g/mol. The lowest BCUT2D eigenvalue weighted by atomic mass is 10.1. The third-order valence-corrected chi connectivity index (χ3v) is 2.76. The van der Waals surface area contributed by atoms with Crippen molar-refractivity contribution < 1.29 is 4.79 Å². The number of aryl methyl sites for hydroxylation is 1. The Bertz CT molecular complexity index is 405. The summed E-state index contributed by atoms with van der Waals surface area (Å²) in [6.45, 7) is 4.40. The van der Waals surface area contributed by atoms with Gasteiger partial charge in [-0.25, -0.2) is 4.98 Å². The second-order valence-corrected chi connectivity index (χ2v) is 4.29. The van der Waals surface area contributed by atoms with Crippen LogP contribution in [0.5, 0.6) is 0 Å². The van der Waals surface area contributed by atoms with Crippen LogP contribution in [-0.4, -0.2) is 31.5 Å². The van der Waals surface area contributed by atoms with Crippen molar-refractivity contribution in [2.75, 3.05) is 31.3 Å². The molecule has 1 aromatic heterocycles. The summed E-state index contributed by atoms with van der Waals surface area (Å²) in [5.41, 5.74) is 7.51. The fourth-order valence-corrected chi connectivity index (χ4v) is 1.57.